The van der Waals surface area contributed by atoms with E-state index >= 15 is 0 Å². The number of hydrogen-bond donors (Lipinski definition) is 3. The van der Waals surface area contributed by atoms with E-state index in [0.29, 0.717) is 6.42 Å². The zero-order valence-electron chi connectivity index (χ0n) is 8.55. The minimum Gasteiger partial charge on any atom is -0.426 e. The second-order valence-electron chi connectivity index (χ2n) is 3.41. The van der Waals surface area contributed by atoms with Crippen LogP contribution < -0.4 is 5.32 Å². The molecule has 0 aliphatic rings. The highest BCUT2D eigenvalue weighted by Gasteiger charge is 2.24. The molecule has 0 radical (unpaired) electrons. The Balaban J connectivity index is 2.63. The molecule has 0 aromatic heterocycles. The summed E-state index contributed by atoms with van der Waals surface area (Å²) in [6.45, 7) is 1.35. The maximum atomic E-state index is 10.8. The van der Waals surface area contributed by atoms with E-state index in [1.807, 2.05) is 30.3 Å². The summed E-state index contributed by atoms with van der Waals surface area (Å²) in [5.74, 6) is -0.936. The lowest BCUT2D eigenvalue weighted by Gasteiger charge is -2.16. The van der Waals surface area contributed by atoms with Gasteiger partial charge in [-0.3, -0.25) is 4.79 Å². The van der Waals surface area contributed by atoms with Crippen LogP contribution >= 0.6 is 0 Å². The van der Waals surface area contributed by atoms with Crippen LogP contribution in [0.4, 0.5) is 0 Å². The van der Waals surface area contributed by atoms with Crippen molar-refractivity contribution >= 4 is 13.0 Å². The number of rotatable bonds is 4. The number of carbonyl (C=O) groups excluding carboxylic acids is 1. The SMILES string of the molecule is CC(=O)N[C@@H](Cc1ccccc1)B(O)O. The zero-order chi connectivity index (χ0) is 11.3. The molecule has 1 amide bonds. The summed E-state index contributed by atoms with van der Waals surface area (Å²) in [6, 6.07) is 9.36. The lowest BCUT2D eigenvalue weighted by atomic mass is 9.76. The summed E-state index contributed by atoms with van der Waals surface area (Å²) in [5, 5.41) is 20.6. The molecule has 0 bridgehead atoms. The van der Waals surface area contributed by atoms with E-state index in [1.54, 1.807) is 0 Å². The molecule has 4 nitrogen and oxygen atoms in total. The summed E-state index contributed by atoms with van der Waals surface area (Å²) >= 11 is 0. The number of benzene rings is 1. The van der Waals surface area contributed by atoms with Crippen LogP contribution in [0.3, 0.4) is 0 Å². The third-order valence-corrected chi connectivity index (χ3v) is 2.05. The average molecular weight is 207 g/mol. The quantitative estimate of drug-likeness (QED) is 0.596. The van der Waals surface area contributed by atoms with Crippen molar-refractivity contribution in [1.82, 2.24) is 5.32 Å². The Kier molecular flexibility index (Phi) is 4.33. The number of hydrogen-bond acceptors (Lipinski definition) is 3. The number of amides is 1. The van der Waals surface area contributed by atoms with E-state index in [1.165, 1.54) is 6.92 Å². The van der Waals surface area contributed by atoms with Gasteiger partial charge in [-0.2, -0.15) is 0 Å². The maximum Gasteiger partial charge on any atom is 0.475 e. The smallest absolute Gasteiger partial charge is 0.426 e. The molecule has 0 fully saturated rings. The molecule has 0 spiro atoms. The van der Waals surface area contributed by atoms with Crippen molar-refractivity contribution in [2.24, 2.45) is 0 Å². The zero-order valence-corrected chi connectivity index (χ0v) is 8.55. The normalized spacial score (nSPS) is 11.9. The minimum absolute atomic E-state index is 0.274. The fraction of sp³-hybridized carbons (Fsp3) is 0.300. The largest absolute Gasteiger partial charge is 0.475 e. The summed E-state index contributed by atoms with van der Waals surface area (Å²) in [6.07, 6.45) is 0.401. The Bertz CT molecular complexity index is 316. The first-order chi connectivity index (χ1) is 7.09. The molecule has 0 aliphatic carbocycles. The van der Waals surface area contributed by atoms with E-state index in [4.69, 9.17) is 10.0 Å². The fourth-order valence-corrected chi connectivity index (χ4v) is 1.36. The summed E-state index contributed by atoms with van der Waals surface area (Å²) < 4.78 is 0. The van der Waals surface area contributed by atoms with Gasteiger partial charge in [-0.25, -0.2) is 0 Å². The molecule has 1 rings (SSSR count). The summed E-state index contributed by atoms with van der Waals surface area (Å²) in [4.78, 5) is 10.8. The van der Waals surface area contributed by atoms with Gasteiger partial charge >= 0.3 is 7.12 Å². The molecule has 0 saturated heterocycles. The first kappa shape index (κ1) is 11.7. The van der Waals surface area contributed by atoms with Gasteiger partial charge in [0.1, 0.15) is 0 Å². The van der Waals surface area contributed by atoms with Crippen LogP contribution in [0.15, 0.2) is 30.3 Å². The standard InChI is InChI=1S/C10H14BNO3/c1-8(13)12-10(11(14)15)7-9-5-3-2-4-6-9/h2-6,10,14-15H,7H2,1H3,(H,12,13)/t10-/m0/s1. The van der Waals surface area contributed by atoms with Crippen LogP contribution in [0.5, 0.6) is 0 Å². The van der Waals surface area contributed by atoms with Crippen LogP contribution in [-0.4, -0.2) is 29.0 Å². The van der Waals surface area contributed by atoms with Crippen molar-refractivity contribution in [2.75, 3.05) is 0 Å². The summed E-state index contributed by atoms with van der Waals surface area (Å²) in [5.41, 5.74) is 0.948. The molecular weight excluding hydrogens is 193 g/mol. The molecule has 0 saturated carbocycles. The van der Waals surface area contributed by atoms with Gasteiger partial charge in [-0.1, -0.05) is 30.3 Å². The van der Waals surface area contributed by atoms with Gasteiger partial charge < -0.3 is 15.4 Å². The molecule has 0 aliphatic heterocycles. The van der Waals surface area contributed by atoms with Crippen LogP contribution in [-0.2, 0) is 11.2 Å². The van der Waals surface area contributed by atoms with Crippen molar-refractivity contribution in [3.05, 3.63) is 35.9 Å². The number of nitrogens with one attached hydrogen (secondary N) is 1. The van der Waals surface area contributed by atoms with E-state index in [0.717, 1.165) is 5.56 Å². The Morgan fingerprint density at radius 1 is 1.40 bits per heavy atom. The van der Waals surface area contributed by atoms with Gasteiger partial charge in [0.2, 0.25) is 5.91 Å². The first-order valence-corrected chi connectivity index (χ1v) is 4.77. The van der Waals surface area contributed by atoms with Gasteiger partial charge in [0.25, 0.3) is 0 Å². The highest BCUT2D eigenvalue weighted by atomic mass is 16.4. The molecule has 0 unspecified atom stereocenters. The third-order valence-electron chi connectivity index (χ3n) is 2.05. The monoisotopic (exact) mass is 207 g/mol. The fourth-order valence-electron chi connectivity index (χ4n) is 1.36. The van der Waals surface area contributed by atoms with Gasteiger partial charge in [0.05, 0.1) is 5.94 Å². The third kappa shape index (κ3) is 4.14. The Labute approximate surface area is 89.1 Å². The maximum absolute atomic E-state index is 10.8. The van der Waals surface area contributed by atoms with Crippen molar-refractivity contribution in [2.45, 2.75) is 19.3 Å². The molecular formula is C10H14BNO3. The van der Waals surface area contributed by atoms with Crippen LogP contribution in [0.1, 0.15) is 12.5 Å². The minimum atomic E-state index is -1.55. The molecule has 1 atom stereocenters. The van der Waals surface area contributed by atoms with Crippen LogP contribution in [0.25, 0.3) is 0 Å². The van der Waals surface area contributed by atoms with Crippen molar-refractivity contribution in [3.63, 3.8) is 0 Å². The number of carbonyl (C=O) groups is 1. The second-order valence-corrected chi connectivity index (χ2v) is 3.41. The van der Waals surface area contributed by atoms with Crippen LogP contribution in [0, 0.1) is 0 Å². The lowest BCUT2D eigenvalue weighted by molar-refractivity contribution is -0.119. The Morgan fingerprint density at radius 3 is 2.47 bits per heavy atom. The second kappa shape index (κ2) is 5.53. The molecule has 15 heavy (non-hydrogen) atoms. The molecule has 0 heterocycles. The highest BCUT2D eigenvalue weighted by molar-refractivity contribution is 6.43. The van der Waals surface area contributed by atoms with Gasteiger partial charge in [-0.15, -0.1) is 0 Å². The molecule has 1 aromatic carbocycles. The van der Waals surface area contributed by atoms with E-state index in [2.05, 4.69) is 5.32 Å². The highest BCUT2D eigenvalue weighted by Crippen LogP contribution is 2.03. The predicted molar refractivity (Wildman–Crippen MR) is 57.9 cm³/mol. The predicted octanol–water partition coefficient (Wildman–Crippen LogP) is -0.254. The van der Waals surface area contributed by atoms with Crippen molar-refractivity contribution in [1.29, 1.82) is 0 Å². The van der Waals surface area contributed by atoms with Gasteiger partial charge in [0.15, 0.2) is 0 Å². The topological polar surface area (TPSA) is 69.6 Å². The van der Waals surface area contributed by atoms with E-state index in [-0.39, 0.29) is 5.91 Å². The molecule has 3 N–H and O–H groups in total. The van der Waals surface area contributed by atoms with Gasteiger partial charge in [-0.05, 0) is 12.0 Å². The molecule has 5 heteroatoms. The van der Waals surface area contributed by atoms with Crippen LogP contribution in [0.2, 0.25) is 0 Å². The Hall–Kier alpha value is -1.33. The summed E-state index contributed by atoms with van der Waals surface area (Å²) in [7, 11) is -1.55. The first-order valence-electron chi connectivity index (χ1n) is 4.77. The van der Waals surface area contributed by atoms with Crippen molar-refractivity contribution in [3.8, 4) is 0 Å². The van der Waals surface area contributed by atoms with E-state index < -0.39 is 13.1 Å². The lowest BCUT2D eigenvalue weighted by Crippen LogP contribution is -2.47. The molecule has 80 valence electrons. The van der Waals surface area contributed by atoms with Gasteiger partial charge in [0, 0.05) is 6.92 Å². The average Bonchev–Trinajstić information content (AvgIpc) is 2.17. The van der Waals surface area contributed by atoms with Crippen molar-refractivity contribution < 1.29 is 14.8 Å². The molecule has 1 aromatic rings. The van der Waals surface area contributed by atoms with E-state index in [9.17, 15) is 4.79 Å². The Morgan fingerprint density at radius 2 is 2.00 bits per heavy atom.